The molecule has 0 aliphatic carbocycles. The van der Waals surface area contributed by atoms with E-state index in [9.17, 15) is 9.36 Å². The maximum atomic E-state index is 15.4. The lowest BCUT2D eigenvalue weighted by Crippen LogP contribution is -2.30. The quantitative estimate of drug-likeness (QED) is 0.301. The zero-order chi connectivity index (χ0) is 24.3. The van der Waals surface area contributed by atoms with Crippen molar-refractivity contribution in [2.24, 2.45) is 0 Å². The molecule has 0 saturated heterocycles. The Morgan fingerprint density at radius 1 is 1.00 bits per heavy atom. The highest BCUT2D eigenvalue weighted by atomic mass is 31.2. The van der Waals surface area contributed by atoms with Gasteiger partial charge in [0, 0.05) is 11.1 Å². The van der Waals surface area contributed by atoms with Crippen molar-refractivity contribution in [3.8, 4) is 5.75 Å². The minimum absolute atomic E-state index is 0.0375. The van der Waals surface area contributed by atoms with Gasteiger partial charge in [0.1, 0.15) is 5.75 Å². The minimum Gasteiger partial charge on any atom is -0.496 e. The highest BCUT2D eigenvalue weighted by molar-refractivity contribution is 7.56. The molecule has 0 radical (unpaired) electrons. The number of ether oxygens (including phenoxy) is 1. The lowest BCUT2D eigenvalue weighted by molar-refractivity contribution is -0.121. The normalized spacial score (nSPS) is 15.2. The van der Waals surface area contributed by atoms with Crippen LogP contribution in [0.4, 0.5) is 4.39 Å². The average Bonchev–Trinajstić information content (AvgIpc) is 2.63. The molecule has 5 nitrogen and oxygen atoms in total. The molecule has 0 N–H and O–H groups in total. The summed E-state index contributed by atoms with van der Waals surface area (Å²) in [6.45, 7) is 16.5. The molecular weight excluding hydrogens is 418 g/mol. The molecule has 1 atom stereocenters. The molecule has 0 amide bonds. The van der Waals surface area contributed by atoms with Crippen molar-refractivity contribution in [1.29, 1.82) is 0 Å². The Bertz CT molecular complexity index is 850. The second-order valence-corrected chi connectivity index (χ2v) is 12.0. The van der Waals surface area contributed by atoms with E-state index in [1.807, 2.05) is 6.07 Å². The lowest BCUT2D eigenvalue weighted by Gasteiger charge is -2.28. The Hall–Kier alpha value is -1.49. The first-order chi connectivity index (χ1) is 14.0. The van der Waals surface area contributed by atoms with Gasteiger partial charge in [-0.15, -0.1) is 0 Å². The van der Waals surface area contributed by atoms with Crippen LogP contribution in [0.25, 0.3) is 6.08 Å². The van der Waals surface area contributed by atoms with E-state index in [1.54, 1.807) is 21.0 Å². The summed E-state index contributed by atoms with van der Waals surface area (Å²) in [6.07, 6.45) is 2.59. The molecule has 0 heterocycles. The van der Waals surface area contributed by atoms with Crippen molar-refractivity contribution in [3.63, 3.8) is 0 Å². The number of allylic oxidation sites excluding steroid dienone is 1. The second-order valence-electron chi connectivity index (χ2n) is 9.63. The van der Waals surface area contributed by atoms with E-state index in [0.29, 0.717) is 11.3 Å². The van der Waals surface area contributed by atoms with Crippen LogP contribution in [0.2, 0.25) is 0 Å². The van der Waals surface area contributed by atoms with Crippen LogP contribution in [0.15, 0.2) is 18.2 Å². The van der Waals surface area contributed by atoms with Gasteiger partial charge in [0.15, 0.2) is 0 Å². The Labute approximate surface area is 186 Å². The van der Waals surface area contributed by atoms with Crippen molar-refractivity contribution in [1.82, 2.24) is 0 Å². The predicted octanol–water partition coefficient (Wildman–Crippen LogP) is 6.82. The van der Waals surface area contributed by atoms with E-state index in [-0.39, 0.29) is 24.0 Å². The largest absolute Gasteiger partial charge is 0.496 e. The van der Waals surface area contributed by atoms with E-state index < -0.39 is 18.8 Å². The molecule has 0 aromatic heterocycles. The molecule has 176 valence electrons. The molecular formula is C24H38FO5P. The summed E-state index contributed by atoms with van der Waals surface area (Å²) in [7, 11) is -2.72. The maximum Gasteiger partial charge on any atom is 0.375 e. The van der Waals surface area contributed by atoms with Crippen LogP contribution in [0.5, 0.6) is 5.75 Å². The molecule has 1 unspecified atom stereocenters. The third kappa shape index (κ3) is 6.27. The zero-order valence-electron chi connectivity index (χ0n) is 20.6. The topological polar surface area (TPSA) is 61.8 Å². The monoisotopic (exact) mass is 456 g/mol. The van der Waals surface area contributed by atoms with Crippen LogP contribution < -0.4 is 4.74 Å². The number of alkyl halides is 1. The van der Waals surface area contributed by atoms with Gasteiger partial charge in [-0.1, -0.05) is 47.6 Å². The van der Waals surface area contributed by atoms with Crippen molar-refractivity contribution in [3.05, 3.63) is 34.9 Å². The average molecular weight is 457 g/mol. The SMILES string of the molecule is CCOP(=O)(OCC)C(C)(F)C(=O)/C=C/c1cc(C(C)(C)C)cc(C(C)(C)C)c1OC. The number of halogens is 1. The number of rotatable bonds is 9. The highest BCUT2D eigenvalue weighted by Gasteiger charge is 2.53. The Morgan fingerprint density at radius 2 is 1.52 bits per heavy atom. The Balaban J connectivity index is 3.56. The molecule has 7 heteroatoms. The molecule has 0 spiro atoms. The van der Waals surface area contributed by atoms with Gasteiger partial charge in [0.2, 0.25) is 5.78 Å². The third-order valence-corrected chi connectivity index (χ3v) is 7.42. The Kier molecular flexibility index (Phi) is 8.86. The van der Waals surface area contributed by atoms with Gasteiger partial charge in [0.25, 0.3) is 5.41 Å². The van der Waals surface area contributed by atoms with E-state index >= 15 is 4.39 Å². The minimum atomic E-state index is -4.29. The highest BCUT2D eigenvalue weighted by Crippen LogP contribution is 2.61. The summed E-state index contributed by atoms with van der Waals surface area (Å²) in [5, 5.41) is -2.81. The number of hydrogen-bond acceptors (Lipinski definition) is 5. The molecule has 1 aromatic rings. The lowest BCUT2D eigenvalue weighted by atomic mass is 9.79. The smallest absolute Gasteiger partial charge is 0.375 e. The maximum absolute atomic E-state index is 15.4. The third-order valence-electron chi connectivity index (χ3n) is 4.97. The molecule has 0 aliphatic heterocycles. The molecule has 0 saturated carbocycles. The summed E-state index contributed by atoms with van der Waals surface area (Å²) in [5.74, 6) is -0.374. The summed E-state index contributed by atoms with van der Waals surface area (Å²) in [6, 6.07) is 4.04. The van der Waals surface area contributed by atoms with Crippen LogP contribution in [0, 0.1) is 0 Å². The number of methoxy groups -OCH3 is 1. The molecule has 0 fully saturated rings. The fourth-order valence-corrected chi connectivity index (χ4v) is 4.65. The zero-order valence-corrected chi connectivity index (χ0v) is 21.5. The van der Waals surface area contributed by atoms with Crippen molar-refractivity contribution < 1.29 is 27.5 Å². The summed E-state index contributed by atoms with van der Waals surface area (Å²) < 4.78 is 44.1. The number of carbonyl (C=O) groups excluding carboxylic acids is 1. The standard InChI is InChI=1S/C24H38FO5P/c1-11-29-31(27,30-12-2)24(9,25)20(26)14-13-17-15-18(22(3,4)5)16-19(21(17)28-10)23(6,7)8/h13-16H,11-12H2,1-10H3/b14-13+. The van der Waals surface area contributed by atoms with E-state index in [1.165, 1.54) is 6.08 Å². The van der Waals surface area contributed by atoms with Gasteiger partial charge in [-0.05, 0) is 55.4 Å². The van der Waals surface area contributed by atoms with E-state index in [2.05, 4.69) is 47.6 Å². The van der Waals surface area contributed by atoms with Crippen molar-refractivity contribution in [2.45, 2.75) is 78.6 Å². The van der Waals surface area contributed by atoms with Crippen molar-refractivity contribution in [2.75, 3.05) is 20.3 Å². The van der Waals surface area contributed by atoms with Gasteiger partial charge >= 0.3 is 7.60 Å². The van der Waals surface area contributed by atoms with E-state index in [4.69, 9.17) is 13.8 Å². The number of ketones is 1. The first-order valence-electron chi connectivity index (χ1n) is 10.6. The van der Waals surface area contributed by atoms with E-state index in [0.717, 1.165) is 24.1 Å². The Morgan fingerprint density at radius 3 is 1.90 bits per heavy atom. The number of benzene rings is 1. The van der Waals surface area contributed by atoms with Crippen molar-refractivity contribution >= 4 is 19.5 Å². The fourth-order valence-electron chi connectivity index (χ4n) is 3.07. The van der Waals surface area contributed by atoms with Crippen LogP contribution in [-0.2, 0) is 29.2 Å². The summed E-state index contributed by atoms with van der Waals surface area (Å²) in [5.41, 5.74) is 2.32. The molecule has 0 aliphatic rings. The molecule has 31 heavy (non-hydrogen) atoms. The summed E-state index contributed by atoms with van der Waals surface area (Å²) >= 11 is 0. The van der Waals surface area contributed by atoms with Crippen LogP contribution in [-0.4, -0.2) is 31.5 Å². The number of hydrogen-bond donors (Lipinski definition) is 0. The first kappa shape index (κ1) is 27.5. The predicted molar refractivity (Wildman–Crippen MR) is 125 cm³/mol. The van der Waals surface area contributed by atoms with Crippen LogP contribution in [0.3, 0.4) is 0 Å². The van der Waals surface area contributed by atoms with Crippen LogP contribution >= 0.6 is 7.60 Å². The van der Waals surface area contributed by atoms with Crippen LogP contribution in [0.1, 0.15) is 79.0 Å². The number of carbonyl (C=O) groups is 1. The molecule has 0 bridgehead atoms. The van der Waals surface area contributed by atoms with Gasteiger partial charge in [-0.2, -0.15) is 0 Å². The fraction of sp³-hybridized carbons (Fsp3) is 0.625. The van der Waals surface area contributed by atoms with Gasteiger partial charge in [-0.3, -0.25) is 9.36 Å². The van der Waals surface area contributed by atoms with Gasteiger partial charge < -0.3 is 13.8 Å². The second kappa shape index (κ2) is 9.97. The van der Waals surface area contributed by atoms with Gasteiger partial charge in [0.05, 0.1) is 20.3 Å². The summed E-state index contributed by atoms with van der Waals surface area (Å²) in [4.78, 5) is 12.8. The molecule has 1 aromatic carbocycles. The van der Waals surface area contributed by atoms with Gasteiger partial charge in [-0.25, -0.2) is 4.39 Å². The first-order valence-corrected chi connectivity index (χ1v) is 12.1. The molecule has 1 rings (SSSR count).